The summed E-state index contributed by atoms with van der Waals surface area (Å²) in [5.74, 6) is 0.00846. The van der Waals surface area contributed by atoms with E-state index in [0.29, 0.717) is 29.4 Å². The fraction of sp³-hybridized carbons (Fsp3) is 0.294. The highest BCUT2D eigenvalue weighted by Crippen LogP contribution is 2.24. The summed E-state index contributed by atoms with van der Waals surface area (Å²) in [4.78, 5) is 15.1. The number of carbonyl (C=O) groups is 1. The first kappa shape index (κ1) is 18.0. The van der Waals surface area contributed by atoms with Gasteiger partial charge in [-0.1, -0.05) is 12.1 Å². The van der Waals surface area contributed by atoms with Crippen LogP contribution in [0.1, 0.15) is 34.0 Å². The van der Waals surface area contributed by atoms with E-state index < -0.39 is 12.1 Å². The van der Waals surface area contributed by atoms with Crippen LogP contribution in [-0.4, -0.2) is 33.7 Å². The molecule has 4 N–H and O–H groups in total. The molecule has 0 bridgehead atoms. The number of carboxylic acid groups (broad SMARTS) is 1. The second-order valence-corrected chi connectivity index (χ2v) is 5.59. The van der Waals surface area contributed by atoms with E-state index in [-0.39, 0.29) is 17.8 Å². The number of aliphatic hydroxyl groups excluding tert-OH is 1. The number of aliphatic hydroxyl groups is 1. The maximum atomic E-state index is 11.3. The van der Waals surface area contributed by atoms with Gasteiger partial charge in [0.05, 0.1) is 12.7 Å². The highest BCUT2D eigenvalue weighted by molar-refractivity contribution is 6.17. The average Bonchev–Trinajstić information content (AvgIpc) is 2.55. The summed E-state index contributed by atoms with van der Waals surface area (Å²) in [6.07, 6.45) is 1.45. The number of hydrogen-bond acceptors (Lipinski definition) is 5. The molecular weight excluding hydrogens is 332 g/mol. The maximum Gasteiger partial charge on any atom is 0.339 e. The van der Waals surface area contributed by atoms with Crippen LogP contribution < -0.4 is 10.5 Å². The Labute approximate surface area is 144 Å². The number of anilines is 1. The van der Waals surface area contributed by atoms with E-state index >= 15 is 0 Å². The van der Waals surface area contributed by atoms with Crippen molar-refractivity contribution in [2.75, 3.05) is 18.2 Å². The lowest BCUT2D eigenvalue weighted by Gasteiger charge is -2.14. The largest absolute Gasteiger partial charge is 0.494 e. The molecule has 6 nitrogen and oxygen atoms in total. The summed E-state index contributed by atoms with van der Waals surface area (Å²) in [6, 6.07) is 8.54. The van der Waals surface area contributed by atoms with Crippen molar-refractivity contribution >= 4 is 23.4 Å². The number of aromatic nitrogens is 1. The van der Waals surface area contributed by atoms with Crippen molar-refractivity contribution in [1.29, 1.82) is 0 Å². The molecule has 2 rings (SSSR count). The van der Waals surface area contributed by atoms with Gasteiger partial charge >= 0.3 is 5.97 Å². The first-order valence-electron chi connectivity index (χ1n) is 7.46. The average molecular weight is 351 g/mol. The lowest BCUT2D eigenvalue weighted by molar-refractivity contribution is 0.0695. The van der Waals surface area contributed by atoms with Crippen LogP contribution >= 0.6 is 11.6 Å². The Morgan fingerprint density at radius 2 is 2.00 bits per heavy atom. The molecule has 24 heavy (non-hydrogen) atoms. The van der Waals surface area contributed by atoms with Crippen molar-refractivity contribution in [3.63, 3.8) is 0 Å². The quantitative estimate of drug-likeness (QED) is 0.499. The van der Waals surface area contributed by atoms with Gasteiger partial charge in [-0.2, -0.15) is 0 Å². The fourth-order valence-electron chi connectivity index (χ4n) is 2.29. The number of halogens is 1. The van der Waals surface area contributed by atoms with E-state index in [0.717, 1.165) is 6.42 Å². The SMILES string of the molecule is Nc1nccc(CC(O)c2ccc(OCCCCl)cc2)c1C(=O)O. The number of aromatic carboxylic acids is 1. The Kier molecular flexibility index (Phi) is 6.40. The van der Waals surface area contributed by atoms with Gasteiger partial charge in [-0.25, -0.2) is 9.78 Å². The van der Waals surface area contributed by atoms with Crippen molar-refractivity contribution in [3.8, 4) is 5.75 Å². The molecule has 0 radical (unpaired) electrons. The first-order chi connectivity index (χ1) is 11.5. The molecule has 0 aliphatic carbocycles. The molecular formula is C17H19ClN2O4. The number of hydrogen-bond donors (Lipinski definition) is 3. The smallest absolute Gasteiger partial charge is 0.339 e. The van der Waals surface area contributed by atoms with Gasteiger partial charge in [0.25, 0.3) is 0 Å². The zero-order valence-electron chi connectivity index (χ0n) is 13.0. The lowest BCUT2D eigenvalue weighted by atomic mass is 9.98. The third kappa shape index (κ3) is 4.59. The van der Waals surface area contributed by atoms with Crippen LogP contribution in [0, 0.1) is 0 Å². The molecule has 1 heterocycles. The third-order valence-electron chi connectivity index (χ3n) is 3.51. The number of nitrogen functional groups attached to an aromatic ring is 1. The number of nitrogens with zero attached hydrogens (tertiary/aromatic N) is 1. The minimum atomic E-state index is -1.16. The Morgan fingerprint density at radius 1 is 1.29 bits per heavy atom. The first-order valence-corrected chi connectivity index (χ1v) is 7.99. The molecule has 0 amide bonds. The predicted molar refractivity (Wildman–Crippen MR) is 91.5 cm³/mol. The fourth-order valence-corrected chi connectivity index (χ4v) is 2.40. The summed E-state index contributed by atoms with van der Waals surface area (Å²) in [7, 11) is 0. The van der Waals surface area contributed by atoms with Crippen molar-refractivity contribution in [2.45, 2.75) is 18.9 Å². The summed E-state index contributed by atoms with van der Waals surface area (Å²) in [5, 5.41) is 19.6. The zero-order valence-corrected chi connectivity index (χ0v) is 13.7. The maximum absolute atomic E-state index is 11.3. The van der Waals surface area contributed by atoms with Crippen LogP contribution in [0.5, 0.6) is 5.75 Å². The number of rotatable bonds is 8. The van der Waals surface area contributed by atoms with E-state index in [1.807, 2.05) is 0 Å². The molecule has 7 heteroatoms. The van der Waals surface area contributed by atoms with E-state index in [4.69, 9.17) is 22.1 Å². The Hall–Kier alpha value is -2.31. The third-order valence-corrected chi connectivity index (χ3v) is 3.77. The highest BCUT2D eigenvalue weighted by Gasteiger charge is 2.18. The minimum Gasteiger partial charge on any atom is -0.494 e. The number of pyridine rings is 1. The molecule has 0 saturated heterocycles. The number of ether oxygens (including phenoxy) is 1. The van der Waals surface area contributed by atoms with Crippen LogP contribution in [-0.2, 0) is 6.42 Å². The summed E-state index contributed by atoms with van der Waals surface area (Å²) in [6.45, 7) is 0.531. The molecule has 2 aromatic rings. The Bertz CT molecular complexity index is 691. The second-order valence-electron chi connectivity index (χ2n) is 5.22. The van der Waals surface area contributed by atoms with E-state index in [1.54, 1.807) is 30.3 Å². The molecule has 1 aromatic carbocycles. The van der Waals surface area contributed by atoms with Gasteiger partial charge in [-0.3, -0.25) is 0 Å². The van der Waals surface area contributed by atoms with Crippen LogP contribution in [0.2, 0.25) is 0 Å². The normalized spacial score (nSPS) is 11.9. The van der Waals surface area contributed by atoms with E-state index in [1.165, 1.54) is 6.20 Å². The molecule has 1 unspecified atom stereocenters. The second kappa shape index (κ2) is 8.52. The van der Waals surface area contributed by atoms with E-state index in [9.17, 15) is 15.0 Å². The Morgan fingerprint density at radius 3 is 2.62 bits per heavy atom. The van der Waals surface area contributed by atoms with Crippen LogP contribution in [0.4, 0.5) is 5.82 Å². The van der Waals surface area contributed by atoms with Crippen LogP contribution in [0.3, 0.4) is 0 Å². The van der Waals surface area contributed by atoms with Crippen molar-refractivity contribution in [2.24, 2.45) is 0 Å². The van der Waals surface area contributed by atoms with Crippen LogP contribution in [0.15, 0.2) is 36.5 Å². The lowest BCUT2D eigenvalue weighted by Crippen LogP contribution is -2.11. The zero-order chi connectivity index (χ0) is 17.5. The number of carboxylic acids is 1. The predicted octanol–water partition coefficient (Wildman–Crippen LogP) is 2.65. The molecule has 0 saturated carbocycles. The monoisotopic (exact) mass is 350 g/mol. The van der Waals surface area contributed by atoms with Crippen LogP contribution in [0.25, 0.3) is 0 Å². The molecule has 1 atom stereocenters. The Balaban J connectivity index is 2.09. The molecule has 0 aliphatic rings. The van der Waals surface area contributed by atoms with Crippen molar-refractivity contribution in [3.05, 3.63) is 53.2 Å². The molecule has 0 fully saturated rings. The van der Waals surface area contributed by atoms with Crippen molar-refractivity contribution in [1.82, 2.24) is 4.98 Å². The van der Waals surface area contributed by atoms with Gasteiger partial charge in [0.1, 0.15) is 17.1 Å². The van der Waals surface area contributed by atoms with Gasteiger partial charge in [0, 0.05) is 18.5 Å². The molecule has 0 aliphatic heterocycles. The summed E-state index contributed by atoms with van der Waals surface area (Å²) in [5.41, 5.74) is 6.64. The van der Waals surface area contributed by atoms with Gasteiger partial charge in [-0.15, -0.1) is 11.6 Å². The summed E-state index contributed by atoms with van der Waals surface area (Å²) >= 11 is 5.59. The minimum absolute atomic E-state index is 0.0600. The summed E-state index contributed by atoms with van der Waals surface area (Å²) < 4.78 is 5.50. The van der Waals surface area contributed by atoms with Crippen molar-refractivity contribution < 1.29 is 19.7 Å². The van der Waals surface area contributed by atoms with E-state index in [2.05, 4.69) is 4.98 Å². The number of benzene rings is 1. The molecule has 0 spiro atoms. The molecule has 128 valence electrons. The van der Waals surface area contributed by atoms with Gasteiger partial charge in [0.15, 0.2) is 0 Å². The topological polar surface area (TPSA) is 106 Å². The highest BCUT2D eigenvalue weighted by atomic mass is 35.5. The number of alkyl halides is 1. The number of nitrogens with two attached hydrogens (primary N) is 1. The van der Waals surface area contributed by atoms with Gasteiger partial charge in [0.2, 0.25) is 0 Å². The van der Waals surface area contributed by atoms with Gasteiger partial charge < -0.3 is 20.7 Å². The van der Waals surface area contributed by atoms with Gasteiger partial charge in [-0.05, 0) is 35.7 Å². The standard InChI is InChI=1S/C17H19ClN2O4/c18-7-1-9-24-13-4-2-11(3-5-13)14(21)10-12-6-8-20-16(19)15(12)17(22)23/h2-6,8,14,21H,1,7,9-10H2,(H2,19,20)(H,22,23). The molecule has 1 aromatic heterocycles.